The summed E-state index contributed by atoms with van der Waals surface area (Å²) in [6.07, 6.45) is 1.31. The van der Waals surface area contributed by atoms with Crippen molar-refractivity contribution < 1.29 is 55.6 Å². The Hall–Kier alpha value is 0.806. The van der Waals surface area contributed by atoms with E-state index in [-0.39, 0.29) is 51.4 Å². The average Bonchev–Trinajstić information content (AvgIpc) is 1.88. The second kappa shape index (κ2) is 4.74. The number of hydrogen-bond acceptors (Lipinski definition) is 1. The van der Waals surface area contributed by atoms with Gasteiger partial charge in [0.15, 0.2) is 0 Å². The van der Waals surface area contributed by atoms with Gasteiger partial charge in [0.1, 0.15) is 0 Å². The van der Waals surface area contributed by atoms with Crippen LogP contribution in [-0.4, -0.2) is 10.5 Å². The zero-order valence-corrected chi connectivity index (χ0v) is 10.6. The largest absolute Gasteiger partial charge is 1.00 e. The van der Waals surface area contributed by atoms with Gasteiger partial charge in [-0.05, 0) is 18.4 Å². The summed E-state index contributed by atoms with van der Waals surface area (Å²) in [4.78, 5) is 0.481. The van der Waals surface area contributed by atoms with E-state index >= 15 is 0 Å². The molecule has 4 heteroatoms. The van der Waals surface area contributed by atoms with Crippen molar-refractivity contribution >= 4 is 9.73 Å². The fourth-order valence-electron chi connectivity index (χ4n) is 0.673. The molecule has 54 valence electrons. The monoisotopic (exact) mass is 193 g/mol. The Morgan fingerprint density at radius 3 is 2.00 bits per heavy atom. The molecule has 0 saturated heterocycles. The van der Waals surface area contributed by atoms with Gasteiger partial charge in [-0.25, -0.2) is 0 Å². The van der Waals surface area contributed by atoms with E-state index in [2.05, 4.69) is 0 Å². The molecule has 0 aliphatic carbocycles. The molecule has 0 aliphatic rings. The Bertz CT molecular complexity index is 306. The quantitative estimate of drug-likeness (QED) is 0.512. The summed E-state index contributed by atoms with van der Waals surface area (Å²) in [5, 5.41) is 0. The minimum absolute atomic E-state index is 0. The van der Waals surface area contributed by atoms with E-state index in [9.17, 15) is 4.21 Å². The van der Waals surface area contributed by atoms with Gasteiger partial charge in [-0.3, -0.25) is 4.21 Å². The molecule has 1 rings (SSSR count). The first-order valence-corrected chi connectivity index (χ1v) is 4.80. The van der Waals surface area contributed by atoms with Crippen LogP contribution in [0.5, 0.6) is 0 Å². The Morgan fingerprint density at radius 1 is 1.27 bits per heavy atom. The van der Waals surface area contributed by atoms with Crippen LogP contribution in [0.4, 0.5) is 0 Å². The van der Waals surface area contributed by atoms with Crippen LogP contribution >= 0.6 is 0 Å². The van der Waals surface area contributed by atoms with Crippen LogP contribution in [0, 0.1) is 0 Å². The summed E-state index contributed by atoms with van der Waals surface area (Å²) in [5.74, 6) is 0. The summed E-state index contributed by atoms with van der Waals surface area (Å²) in [6, 6.07) is 8.59. The normalized spacial score (nSPS) is 14.6. The van der Waals surface area contributed by atoms with Crippen LogP contribution in [0.15, 0.2) is 35.2 Å². The first kappa shape index (κ1) is 11.8. The van der Waals surface area contributed by atoms with Gasteiger partial charge in [0, 0.05) is 4.90 Å². The van der Waals surface area contributed by atoms with Gasteiger partial charge in [-0.15, -0.1) is 9.73 Å². The molecular formula is C7H8KNOS. The zero-order chi connectivity index (χ0) is 7.61. The smallest absolute Gasteiger partial charge is 0.747 e. The van der Waals surface area contributed by atoms with Crippen molar-refractivity contribution in [2.75, 3.05) is 6.26 Å². The van der Waals surface area contributed by atoms with Crippen LogP contribution in [0.1, 0.15) is 0 Å². The van der Waals surface area contributed by atoms with E-state index in [1.165, 1.54) is 6.26 Å². The predicted molar refractivity (Wildman–Crippen MR) is 42.1 cm³/mol. The Kier molecular flexibility index (Phi) is 5.09. The maximum Gasteiger partial charge on any atom is 1.00 e. The molecule has 1 aromatic rings. The summed E-state index contributed by atoms with van der Waals surface area (Å²) in [6.45, 7) is 0. The van der Waals surface area contributed by atoms with Crippen molar-refractivity contribution in [1.29, 1.82) is 0 Å². The molecule has 0 N–H and O–H groups in total. The van der Waals surface area contributed by atoms with E-state index in [1.807, 2.05) is 6.07 Å². The molecule has 1 unspecified atom stereocenters. The number of benzene rings is 1. The molecule has 0 amide bonds. The minimum Gasteiger partial charge on any atom is -0.747 e. The first-order chi connectivity index (χ1) is 4.61. The molecule has 11 heavy (non-hydrogen) atoms. The Balaban J connectivity index is 0.000001000. The van der Waals surface area contributed by atoms with Gasteiger partial charge < -0.3 is 4.78 Å². The van der Waals surface area contributed by atoms with Gasteiger partial charge in [0.05, 0.1) is 0 Å². The SMILES string of the molecule is CS(=[N-])(=O)c1ccccc1.[K+]. The second-order valence-corrected chi connectivity index (χ2v) is 4.19. The third-order valence-corrected chi connectivity index (χ3v) is 2.33. The summed E-state index contributed by atoms with van der Waals surface area (Å²) >= 11 is 0. The third-order valence-electron chi connectivity index (χ3n) is 1.18. The second-order valence-electron chi connectivity index (χ2n) is 2.12. The maximum atomic E-state index is 10.9. The van der Waals surface area contributed by atoms with E-state index < -0.39 is 9.73 Å². The van der Waals surface area contributed by atoms with E-state index in [0.29, 0.717) is 4.90 Å². The van der Waals surface area contributed by atoms with Crippen molar-refractivity contribution in [1.82, 2.24) is 0 Å². The summed E-state index contributed by atoms with van der Waals surface area (Å²) in [5.41, 5.74) is 0. The van der Waals surface area contributed by atoms with Gasteiger partial charge in [0.2, 0.25) is 0 Å². The van der Waals surface area contributed by atoms with Gasteiger partial charge in [0.25, 0.3) is 0 Å². The summed E-state index contributed by atoms with van der Waals surface area (Å²) < 4.78 is 20.0. The van der Waals surface area contributed by atoms with Gasteiger partial charge in [-0.2, -0.15) is 0 Å². The Labute approximate surface area is 110 Å². The molecule has 0 fully saturated rings. The van der Waals surface area contributed by atoms with E-state index in [0.717, 1.165) is 0 Å². The van der Waals surface area contributed by atoms with E-state index in [1.54, 1.807) is 24.3 Å². The minimum atomic E-state index is -2.75. The fraction of sp³-hybridized carbons (Fsp3) is 0.143. The molecule has 1 aromatic carbocycles. The van der Waals surface area contributed by atoms with E-state index in [4.69, 9.17) is 4.78 Å². The number of nitrogens with zero attached hydrogens (tertiary/aromatic N) is 1. The third kappa shape index (κ3) is 3.82. The van der Waals surface area contributed by atoms with Gasteiger partial charge in [-0.1, -0.05) is 18.2 Å². The molecule has 0 aromatic heterocycles. The van der Waals surface area contributed by atoms with Crippen LogP contribution < -0.4 is 51.4 Å². The molecule has 2 nitrogen and oxygen atoms in total. The van der Waals surface area contributed by atoms with Crippen LogP contribution in [-0.2, 0) is 9.73 Å². The predicted octanol–water partition coefficient (Wildman–Crippen LogP) is -1.28. The van der Waals surface area contributed by atoms with Crippen molar-refractivity contribution in [3.05, 3.63) is 35.1 Å². The molecule has 0 bridgehead atoms. The van der Waals surface area contributed by atoms with Crippen molar-refractivity contribution in [3.63, 3.8) is 0 Å². The molecule has 0 radical (unpaired) electrons. The molecular weight excluding hydrogens is 185 g/mol. The average molecular weight is 193 g/mol. The molecule has 1 atom stereocenters. The zero-order valence-electron chi connectivity index (χ0n) is 6.65. The Morgan fingerprint density at radius 2 is 1.73 bits per heavy atom. The molecule has 0 heterocycles. The van der Waals surface area contributed by atoms with Crippen molar-refractivity contribution in [2.24, 2.45) is 0 Å². The molecule has 0 saturated carbocycles. The van der Waals surface area contributed by atoms with Crippen molar-refractivity contribution in [2.45, 2.75) is 4.90 Å². The molecule has 0 aliphatic heterocycles. The summed E-state index contributed by atoms with van der Waals surface area (Å²) in [7, 11) is -2.75. The topological polar surface area (TPSA) is 39.4 Å². The first-order valence-electron chi connectivity index (χ1n) is 2.87. The van der Waals surface area contributed by atoms with Crippen LogP contribution in [0.3, 0.4) is 0 Å². The molecule has 0 spiro atoms. The van der Waals surface area contributed by atoms with Crippen LogP contribution in [0.2, 0.25) is 0 Å². The number of rotatable bonds is 1. The standard InChI is InChI=1S/C7H8NOS.K/c1-10(8,9)7-5-3-2-4-6-7;/h2-6H,1H3;/q-1;+1. The van der Waals surface area contributed by atoms with Crippen LogP contribution in [0.25, 0.3) is 4.78 Å². The number of hydrogen-bond donors (Lipinski definition) is 0. The fourth-order valence-corrected chi connectivity index (χ4v) is 1.34. The van der Waals surface area contributed by atoms with Crippen molar-refractivity contribution in [3.8, 4) is 0 Å². The van der Waals surface area contributed by atoms with Gasteiger partial charge >= 0.3 is 51.4 Å². The maximum absolute atomic E-state index is 10.9.